The number of fused-ring (bicyclic) bond motifs is 1. The Morgan fingerprint density at radius 3 is 2.50 bits per heavy atom. The molecule has 3 aromatic carbocycles. The van der Waals surface area contributed by atoms with Gasteiger partial charge in [0.15, 0.2) is 16.6 Å². The lowest BCUT2D eigenvalue weighted by molar-refractivity contribution is -0.132. The number of hydrogen-bond acceptors (Lipinski definition) is 7. The summed E-state index contributed by atoms with van der Waals surface area (Å²) < 4.78 is 19.6. The quantitative estimate of drug-likeness (QED) is 0.220. The van der Waals surface area contributed by atoms with Crippen LogP contribution in [0.4, 0.5) is 9.52 Å². The van der Waals surface area contributed by atoms with E-state index in [9.17, 15) is 24.2 Å². The highest BCUT2D eigenvalue weighted by molar-refractivity contribution is 7.22. The third kappa shape index (κ3) is 3.77. The summed E-state index contributed by atoms with van der Waals surface area (Å²) in [6.07, 6.45) is 0. The molecule has 36 heavy (non-hydrogen) atoms. The Morgan fingerprint density at radius 1 is 1.08 bits per heavy atom. The van der Waals surface area contributed by atoms with Crippen LogP contribution in [0.25, 0.3) is 16.0 Å². The third-order valence-electron chi connectivity index (χ3n) is 6.11. The van der Waals surface area contributed by atoms with Crippen molar-refractivity contribution in [3.63, 3.8) is 0 Å². The lowest BCUT2D eigenvalue weighted by atomic mass is 9.95. The van der Waals surface area contributed by atoms with E-state index in [4.69, 9.17) is 4.74 Å². The first-order valence-electron chi connectivity index (χ1n) is 11.0. The molecule has 1 unspecified atom stereocenters. The maximum atomic E-state index is 13.5. The number of phenols is 1. The number of halogens is 1. The van der Waals surface area contributed by atoms with Crippen molar-refractivity contribution < 1.29 is 28.9 Å². The average molecular weight is 505 g/mol. The van der Waals surface area contributed by atoms with Crippen molar-refractivity contribution >= 4 is 44.1 Å². The Balaban J connectivity index is 1.76. The molecule has 1 amide bonds. The fourth-order valence-electron chi connectivity index (χ4n) is 4.43. The molecule has 0 saturated carbocycles. The second-order valence-electron chi connectivity index (χ2n) is 8.53. The molecule has 1 saturated heterocycles. The number of aryl methyl sites for hydroxylation is 2. The summed E-state index contributed by atoms with van der Waals surface area (Å²) in [5, 5.41) is 21.6. The van der Waals surface area contributed by atoms with Gasteiger partial charge in [0.25, 0.3) is 5.78 Å². The summed E-state index contributed by atoms with van der Waals surface area (Å²) in [5.41, 5.74) is 3.10. The smallest absolute Gasteiger partial charge is 0.301 e. The molecule has 0 bridgehead atoms. The molecular formula is C27H21FN2O5S. The van der Waals surface area contributed by atoms with Gasteiger partial charge in [-0.15, -0.1) is 0 Å². The molecule has 0 aliphatic carbocycles. The van der Waals surface area contributed by atoms with Crippen LogP contribution in [-0.2, 0) is 9.59 Å². The Morgan fingerprint density at radius 2 is 1.81 bits per heavy atom. The minimum absolute atomic E-state index is 0.122. The van der Waals surface area contributed by atoms with Crippen molar-refractivity contribution in [3.8, 4) is 11.5 Å². The number of aromatic hydroxyl groups is 1. The molecule has 2 N–H and O–H groups in total. The second kappa shape index (κ2) is 8.76. The van der Waals surface area contributed by atoms with E-state index in [0.717, 1.165) is 28.0 Å². The fraction of sp³-hybridized carbons (Fsp3) is 0.148. The number of methoxy groups -OCH3 is 1. The van der Waals surface area contributed by atoms with Crippen molar-refractivity contribution in [2.75, 3.05) is 12.0 Å². The monoisotopic (exact) mass is 504 g/mol. The Kier molecular flexibility index (Phi) is 5.72. The standard InChI is InChI=1S/C27H21FN2O5S/c1-13-10-14(2)22-20(11-13)36-27(29-22)30-23(16-6-9-18(31)19(12-16)35-3)21(25(33)26(30)34)24(32)15-4-7-17(28)8-5-15/h4-12,23,31-32H,1-3H3. The number of aliphatic hydroxyl groups is 1. The lowest BCUT2D eigenvalue weighted by Gasteiger charge is -2.23. The minimum Gasteiger partial charge on any atom is -0.507 e. The van der Waals surface area contributed by atoms with Crippen molar-refractivity contribution in [1.29, 1.82) is 0 Å². The molecule has 1 atom stereocenters. The number of ether oxygens (including phenoxy) is 1. The summed E-state index contributed by atoms with van der Waals surface area (Å²) in [6.45, 7) is 3.88. The van der Waals surface area contributed by atoms with E-state index >= 15 is 0 Å². The van der Waals surface area contributed by atoms with Gasteiger partial charge in [0.2, 0.25) is 0 Å². The number of aromatic nitrogens is 1. The summed E-state index contributed by atoms with van der Waals surface area (Å²) in [4.78, 5) is 32.6. The van der Waals surface area contributed by atoms with E-state index in [0.29, 0.717) is 11.1 Å². The highest BCUT2D eigenvalue weighted by Crippen LogP contribution is 2.46. The number of phenolic OH excluding ortho intramolecular Hbond substituents is 1. The van der Waals surface area contributed by atoms with Crippen LogP contribution in [0, 0.1) is 19.7 Å². The molecule has 0 spiro atoms. The van der Waals surface area contributed by atoms with Crippen LogP contribution in [0.1, 0.15) is 28.3 Å². The largest absolute Gasteiger partial charge is 0.507 e. The van der Waals surface area contributed by atoms with E-state index in [1.54, 1.807) is 6.07 Å². The molecule has 9 heteroatoms. The molecule has 5 rings (SSSR count). The molecule has 7 nitrogen and oxygen atoms in total. The Hall–Kier alpha value is -4.24. The molecule has 0 radical (unpaired) electrons. The fourth-order valence-corrected chi connectivity index (χ4v) is 5.60. The lowest BCUT2D eigenvalue weighted by Crippen LogP contribution is -2.29. The highest BCUT2D eigenvalue weighted by atomic mass is 32.1. The first-order chi connectivity index (χ1) is 17.2. The zero-order valence-electron chi connectivity index (χ0n) is 19.6. The first-order valence-corrected chi connectivity index (χ1v) is 11.8. The summed E-state index contributed by atoms with van der Waals surface area (Å²) >= 11 is 1.26. The van der Waals surface area contributed by atoms with Gasteiger partial charge in [-0.05, 0) is 73.0 Å². The molecule has 1 aromatic heterocycles. The minimum atomic E-state index is -1.06. The van der Waals surface area contributed by atoms with E-state index in [-0.39, 0.29) is 27.8 Å². The number of carbonyl (C=O) groups excluding carboxylic acids is 2. The number of benzene rings is 3. The number of ketones is 1. The molecular weight excluding hydrogens is 483 g/mol. The number of hydrogen-bond donors (Lipinski definition) is 2. The van der Waals surface area contributed by atoms with Gasteiger partial charge < -0.3 is 14.9 Å². The summed E-state index contributed by atoms with van der Waals surface area (Å²) in [5.74, 6) is -2.70. The molecule has 182 valence electrons. The highest BCUT2D eigenvalue weighted by Gasteiger charge is 2.48. The zero-order chi connectivity index (χ0) is 25.7. The summed E-state index contributed by atoms with van der Waals surface area (Å²) in [7, 11) is 1.38. The van der Waals surface area contributed by atoms with E-state index in [1.807, 2.05) is 26.0 Å². The Labute approximate surface area is 209 Å². The topological polar surface area (TPSA) is 100.0 Å². The SMILES string of the molecule is COc1cc(C2C(=C(O)c3ccc(F)cc3)C(=O)C(=O)N2c2nc3c(C)cc(C)cc3s2)ccc1O. The number of nitrogens with zero attached hydrogens (tertiary/aromatic N) is 2. The number of Topliss-reactive ketones (excluding diaryl/α,β-unsaturated/α-hetero) is 1. The van der Waals surface area contributed by atoms with Crippen LogP contribution in [0.3, 0.4) is 0 Å². The van der Waals surface area contributed by atoms with Gasteiger partial charge in [-0.2, -0.15) is 0 Å². The predicted octanol–water partition coefficient (Wildman–Crippen LogP) is 5.39. The van der Waals surface area contributed by atoms with Crippen LogP contribution >= 0.6 is 11.3 Å². The van der Waals surface area contributed by atoms with Crippen LogP contribution in [0.15, 0.2) is 60.2 Å². The molecule has 1 fully saturated rings. The second-order valence-corrected chi connectivity index (χ2v) is 9.54. The zero-order valence-corrected chi connectivity index (χ0v) is 20.4. The molecule has 1 aliphatic heterocycles. The predicted molar refractivity (Wildman–Crippen MR) is 135 cm³/mol. The number of rotatable bonds is 4. The van der Waals surface area contributed by atoms with Gasteiger partial charge in [0, 0.05) is 5.56 Å². The third-order valence-corrected chi connectivity index (χ3v) is 7.11. The van der Waals surface area contributed by atoms with Gasteiger partial charge in [-0.25, -0.2) is 9.37 Å². The first kappa shape index (κ1) is 23.5. The van der Waals surface area contributed by atoms with E-state index < -0.39 is 29.3 Å². The average Bonchev–Trinajstić information content (AvgIpc) is 3.38. The van der Waals surface area contributed by atoms with Crippen LogP contribution < -0.4 is 9.64 Å². The van der Waals surface area contributed by atoms with E-state index in [1.165, 1.54) is 47.6 Å². The van der Waals surface area contributed by atoms with Crippen LogP contribution in [0.2, 0.25) is 0 Å². The number of amides is 1. The number of thiazole rings is 1. The maximum Gasteiger partial charge on any atom is 0.301 e. The number of aliphatic hydroxyl groups excluding tert-OH is 1. The Bertz CT molecular complexity index is 1580. The van der Waals surface area contributed by atoms with Gasteiger partial charge in [-0.3, -0.25) is 14.5 Å². The van der Waals surface area contributed by atoms with Crippen molar-refractivity contribution in [1.82, 2.24) is 4.98 Å². The van der Waals surface area contributed by atoms with Gasteiger partial charge >= 0.3 is 5.91 Å². The van der Waals surface area contributed by atoms with Gasteiger partial charge in [0.05, 0.1) is 28.9 Å². The van der Waals surface area contributed by atoms with Crippen LogP contribution in [-0.4, -0.2) is 34.0 Å². The number of carbonyl (C=O) groups is 2. The van der Waals surface area contributed by atoms with Crippen molar-refractivity contribution in [2.24, 2.45) is 0 Å². The van der Waals surface area contributed by atoms with E-state index in [2.05, 4.69) is 4.98 Å². The number of anilines is 1. The molecule has 2 heterocycles. The van der Waals surface area contributed by atoms with Crippen LogP contribution in [0.5, 0.6) is 11.5 Å². The maximum absolute atomic E-state index is 13.5. The summed E-state index contributed by atoms with van der Waals surface area (Å²) in [6, 6.07) is 12.3. The normalized spacial score (nSPS) is 17.2. The van der Waals surface area contributed by atoms with Gasteiger partial charge in [0.1, 0.15) is 11.6 Å². The van der Waals surface area contributed by atoms with Gasteiger partial charge in [-0.1, -0.05) is 23.5 Å². The molecule has 1 aliphatic rings. The van der Waals surface area contributed by atoms with Crippen molar-refractivity contribution in [2.45, 2.75) is 19.9 Å². The molecule has 4 aromatic rings. The van der Waals surface area contributed by atoms with Crippen molar-refractivity contribution in [3.05, 3.63) is 88.2 Å².